The van der Waals surface area contributed by atoms with E-state index in [-0.39, 0.29) is 36.0 Å². The third-order valence-electron chi connectivity index (χ3n) is 12.2. The maximum atomic E-state index is 12.1. The van der Waals surface area contributed by atoms with Crippen LogP contribution in [0.15, 0.2) is 12.2 Å². The molecule has 4 aliphatic rings. The quantitative estimate of drug-likeness (QED) is 0.180. The normalized spacial score (nSPS) is 40.1. The lowest BCUT2D eigenvalue weighted by Crippen LogP contribution is -2.62. The van der Waals surface area contributed by atoms with E-state index in [4.69, 9.17) is 12.5 Å². The minimum absolute atomic E-state index is 0.0255. The van der Waals surface area contributed by atoms with Gasteiger partial charge in [0, 0.05) is 0 Å². The summed E-state index contributed by atoms with van der Waals surface area (Å²) in [6, 6.07) is 0. The molecule has 1 unspecified atom stereocenters. The van der Waals surface area contributed by atoms with Gasteiger partial charge in [0.25, 0.3) is 0 Å². The summed E-state index contributed by atoms with van der Waals surface area (Å²) in [5.74, 6) is 1.71. The van der Waals surface area contributed by atoms with E-state index in [9.17, 15) is 38.9 Å². The van der Waals surface area contributed by atoms with E-state index in [1.54, 1.807) is 0 Å². The van der Waals surface area contributed by atoms with E-state index in [0.717, 1.165) is 25.7 Å². The maximum Gasteiger partial charge on any atom is 0.397 e. The standard InChI is InChI=1S/C30H52O12S3/c1-17(2)20(18(3)4)9-8-19(5)22-10-11-23-21-14-26(40-43(31,32)33)25-15-27(41-44(34,35)36)28(42-45(37,38)39)16-30(25,7)24(21)12-13-29(22,23)6/h8-9,17-28H,10-16H2,1-7H3,(H,31,32,33)(H,34,35,36)(H,37,38,39)/b9-8-/t19-,21+,22-,23+,24+,25?,26+,27+,28+,29-,30-/m1/s1. The van der Waals surface area contributed by atoms with Crippen LogP contribution in [0.4, 0.5) is 0 Å². The molecule has 262 valence electrons. The van der Waals surface area contributed by atoms with Crippen LogP contribution in [0.5, 0.6) is 0 Å². The Kier molecular flexibility index (Phi) is 10.7. The predicted molar refractivity (Wildman–Crippen MR) is 167 cm³/mol. The van der Waals surface area contributed by atoms with Gasteiger partial charge in [-0.05, 0) is 109 Å². The van der Waals surface area contributed by atoms with Crippen molar-refractivity contribution in [3.63, 3.8) is 0 Å². The van der Waals surface area contributed by atoms with Gasteiger partial charge < -0.3 is 0 Å². The van der Waals surface area contributed by atoms with E-state index in [0.29, 0.717) is 36.0 Å². The monoisotopic (exact) mass is 700 g/mol. The fourth-order valence-electron chi connectivity index (χ4n) is 10.6. The predicted octanol–water partition coefficient (Wildman–Crippen LogP) is 5.55. The van der Waals surface area contributed by atoms with E-state index >= 15 is 0 Å². The Bertz CT molecular complexity index is 1420. The third-order valence-corrected chi connectivity index (χ3v) is 13.7. The third kappa shape index (κ3) is 8.15. The topological polar surface area (TPSA) is 191 Å². The van der Waals surface area contributed by atoms with E-state index in [1.807, 2.05) is 6.92 Å². The fraction of sp³-hybridized carbons (Fsp3) is 0.933. The first kappa shape index (κ1) is 37.2. The van der Waals surface area contributed by atoms with E-state index < -0.39 is 60.8 Å². The van der Waals surface area contributed by atoms with Crippen LogP contribution in [-0.2, 0) is 43.7 Å². The first-order chi connectivity index (χ1) is 20.4. The Balaban J connectivity index is 1.69. The van der Waals surface area contributed by atoms with Crippen LogP contribution in [0, 0.1) is 64.1 Å². The first-order valence-corrected chi connectivity index (χ1v) is 20.2. The number of hydrogen-bond acceptors (Lipinski definition) is 9. The summed E-state index contributed by atoms with van der Waals surface area (Å²) in [6.07, 6.45) is 4.19. The van der Waals surface area contributed by atoms with Crippen LogP contribution in [0.3, 0.4) is 0 Å². The lowest BCUT2D eigenvalue weighted by Gasteiger charge is -2.63. The summed E-state index contributed by atoms with van der Waals surface area (Å²) in [5.41, 5.74) is -0.878. The lowest BCUT2D eigenvalue weighted by atomic mass is 9.43. The molecule has 0 aromatic carbocycles. The number of hydrogen-bond donors (Lipinski definition) is 3. The summed E-state index contributed by atoms with van der Waals surface area (Å²) in [7, 11) is -15.0. The Morgan fingerprint density at radius 2 is 1.16 bits per heavy atom. The van der Waals surface area contributed by atoms with Crippen molar-refractivity contribution in [2.75, 3.05) is 0 Å². The van der Waals surface area contributed by atoms with Gasteiger partial charge in [0.15, 0.2) is 0 Å². The summed E-state index contributed by atoms with van der Waals surface area (Å²) >= 11 is 0. The van der Waals surface area contributed by atoms with Crippen LogP contribution < -0.4 is 0 Å². The highest BCUT2D eigenvalue weighted by molar-refractivity contribution is 7.81. The lowest BCUT2D eigenvalue weighted by molar-refractivity contribution is -0.183. The second-order valence-corrected chi connectivity index (χ2v) is 18.5. The van der Waals surface area contributed by atoms with Crippen molar-refractivity contribution in [3.05, 3.63) is 12.2 Å². The first-order valence-electron chi connectivity index (χ1n) is 16.1. The summed E-state index contributed by atoms with van der Waals surface area (Å²) in [5, 5.41) is 0. The molecule has 0 radical (unpaired) electrons. The second-order valence-electron chi connectivity index (χ2n) is 15.4. The zero-order chi connectivity index (χ0) is 33.9. The Labute approximate surface area is 269 Å². The molecule has 4 rings (SSSR count). The van der Waals surface area contributed by atoms with Gasteiger partial charge in [0.05, 0.1) is 6.10 Å². The summed E-state index contributed by atoms with van der Waals surface area (Å²) < 4.78 is 115. The average Bonchev–Trinajstić information content (AvgIpc) is 3.19. The number of fused-ring (bicyclic) bond motifs is 5. The van der Waals surface area contributed by atoms with Gasteiger partial charge in [-0.2, -0.15) is 25.3 Å². The van der Waals surface area contributed by atoms with Crippen molar-refractivity contribution in [2.24, 2.45) is 64.1 Å². The van der Waals surface area contributed by atoms with Crippen molar-refractivity contribution in [2.45, 2.75) is 112 Å². The van der Waals surface area contributed by atoms with Crippen LogP contribution in [-0.4, -0.2) is 57.2 Å². The van der Waals surface area contributed by atoms with Gasteiger partial charge in [-0.25, -0.2) is 12.5 Å². The van der Waals surface area contributed by atoms with Crippen LogP contribution in [0.2, 0.25) is 0 Å². The Morgan fingerprint density at radius 1 is 0.644 bits per heavy atom. The largest absolute Gasteiger partial charge is 0.397 e. The van der Waals surface area contributed by atoms with Crippen molar-refractivity contribution < 1.29 is 51.5 Å². The van der Waals surface area contributed by atoms with Gasteiger partial charge in [-0.3, -0.25) is 13.7 Å². The molecule has 0 aliphatic heterocycles. The number of rotatable bonds is 11. The van der Waals surface area contributed by atoms with Crippen molar-refractivity contribution >= 4 is 31.2 Å². The molecule has 0 heterocycles. The molecule has 45 heavy (non-hydrogen) atoms. The smallest absolute Gasteiger partial charge is 0.264 e. The van der Waals surface area contributed by atoms with Crippen molar-refractivity contribution in [1.82, 2.24) is 0 Å². The molecule has 0 amide bonds. The molecule has 0 aromatic rings. The van der Waals surface area contributed by atoms with Gasteiger partial charge in [-0.1, -0.05) is 60.6 Å². The minimum atomic E-state index is -5.07. The molecule has 4 aliphatic carbocycles. The fourth-order valence-corrected chi connectivity index (χ4v) is 12.1. The highest BCUT2D eigenvalue weighted by Crippen LogP contribution is 2.69. The zero-order valence-electron chi connectivity index (χ0n) is 27.3. The molecular formula is C30H52O12S3. The SMILES string of the molecule is CC(C)C(/C=C\[C@@H](C)[C@H]1CC[C@H]2[C@@H]3C[C@H](OS(=O)(=O)O)C4C[C@H](OS(=O)(=O)O)[C@@H](OS(=O)(=O)O)C[C@]4(C)[C@H]3CC[C@]12C)C(C)C. The van der Waals surface area contributed by atoms with E-state index in [1.165, 1.54) is 0 Å². The van der Waals surface area contributed by atoms with Crippen LogP contribution in [0.25, 0.3) is 0 Å². The minimum Gasteiger partial charge on any atom is -0.264 e. The summed E-state index contributed by atoms with van der Waals surface area (Å²) in [4.78, 5) is 0. The molecule has 0 aromatic heterocycles. The number of allylic oxidation sites excluding steroid dienone is 2. The van der Waals surface area contributed by atoms with Gasteiger partial charge in [-0.15, -0.1) is 0 Å². The van der Waals surface area contributed by atoms with Gasteiger partial charge >= 0.3 is 31.2 Å². The van der Waals surface area contributed by atoms with Crippen molar-refractivity contribution in [1.29, 1.82) is 0 Å². The maximum absolute atomic E-state index is 12.1. The molecule has 0 saturated heterocycles. The van der Waals surface area contributed by atoms with Crippen LogP contribution >= 0.6 is 0 Å². The molecular weight excluding hydrogens is 649 g/mol. The van der Waals surface area contributed by atoms with Crippen LogP contribution in [0.1, 0.15) is 93.4 Å². The van der Waals surface area contributed by atoms with E-state index in [2.05, 4.69) is 53.7 Å². The molecule has 3 N–H and O–H groups in total. The highest BCUT2D eigenvalue weighted by atomic mass is 32.3. The molecule has 4 fully saturated rings. The van der Waals surface area contributed by atoms with Crippen molar-refractivity contribution in [3.8, 4) is 0 Å². The molecule has 11 atom stereocenters. The zero-order valence-corrected chi connectivity index (χ0v) is 29.7. The Hall–Kier alpha value is -0.650. The molecule has 4 saturated carbocycles. The molecule has 12 nitrogen and oxygen atoms in total. The average molecular weight is 701 g/mol. The molecule has 0 bridgehead atoms. The van der Waals surface area contributed by atoms with Gasteiger partial charge in [0.1, 0.15) is 12.2 Å². The molecule has 15 heteroatoms. The second kappa shape index (κ2) is 13.0. The van der Waals surface area contributed by atoms with Gasteiger partial charge in [0.2, 0.25) is 0 Å². The molecule has 0 spiro atoms. The highest BCUT2D eigenvalue weighted by Gasteiger charge is 2.65. The summed E-state index contributed by atoms with van der Waals surface area (Å²) in [6.45, 7) is 15.4. The Morgan fingerprint density at radius 3 is 1.69 bits per heavy atom.